The number of nitrogens with zero attached hydrogens (tertiary/aromatic N) is 3. The molecule has 3 heterocycles. The lowest BCUT2D eigenvalue weighted by atomic mass is 9.82. The zero-order valence-electron chi connectivity index (χ0n) is 9.90. The van der Waals surface area contributed by atoms with Gasteiger partial charge in [-0.25, -0.2) is 0 Å². The van der Waals surface area contributed by atoms with Crippen molar-refractivity contribution in [2.45, 2.75) is 50.2 Å². The zero-order valence-corrected chi connectivity index (χ0v) is 12.3. The van der Waals surface area contributed by atoms with Gasteiger partial charge in [0.15, 0.2) is 3.92 Å². The molecule has 2 aliphatic heterocycles. The van der Waals surface area contributed by atoms with Crippen molar-refractivity contribution in [3.05, 3.63) is 3.92 Å². The molecule has 1 aromatic rings. The van der Waals surface area contributed by atoms with E-state index in [9.17, 15) is 0 Å². The van der Waals surface area contributed by atoms with Gasteiger partial charge in [0, 0.05) is 18.1 Å². The maximum Gasteiger partial charge on any atom is 0.206 e. The van der Waals surface area contributed by atoms with Gasteiger partial charge in [-0.05, 0) is 48.7 Å². The van der Waals surface area contributed by atoms with E-state index in [1.54, 1.807) is 11.3 Å². The summed E-state index contributed by atoms with van der Waals surface area (Å²) in [6.45, 7) is 0. The molecule has 2 saturated heterocycles. The van der Waals surface area contributed by atoms with Gasteiger partial charge < -0.3 is 10.2 Å². The Kier molecular flexibility index (Phi) is 3.36. The van der Waals surface area contributed by atoms with Crippen LogP contribution in [-0.2, 0) is 0 Å². The molecule has 0 saturated carbocycles. The van der Waals surface area contributed by atoms with E-state index in [4.69, 9.17) is 0 Å². The van der Waals surface area contributed by atoms with Crippen molar-refractivity contribution in [1.29, 1.82) is 0 Å². The first-order valence-corrected chi connectivity index (χ1v) is 7.81. The minimum atomic E-state index is 0.571. The quantitative estimate of drug-likeness (QED) is 0.911. The Labute approximate surface area is 114 Å². The number of halogens is 1. The summed E-state index contributed by atoms with van der Waals surface area (Å²) >= 11 is 4.93. The van der Waals surface area contributed by atoms with Crippen molar-refractivity contribution in [2.75, 3.05) is 12.4 Å². The van der Waals surface area contributed by atoms with Crippen molar-refractivity contribution >= 4 is 32.4 Å². The Morgan fingerprint density at radius 3 is 2.59 bits per heavy atom. The van der Waals surface area contributed by atoms with E-state index in [1.165, 1.54) is 32.1 Å². The van der Waals surface area contributed by atoms with Gasteiger partial charge >= 0.3 is 0 Å². The number of hydrogen-bond donors (Lipinski definition) is 1. The van der Waals surface area contributed by atoms with Gasteiger partial charge in [0.2, 0.25) is 5.13 Å². The second-order valence-electron chi connectivity index (χ2n) is 5.08. The molecular formula is C11H17BrN4S. The maximum absolute atomic E-state index is 4.12. The summed E-state index contributed by atoms with van der Waals surface area (Å²) in [6.07, 6.45) is 6.58. The summed E-state index contributed by atoms with van der Waals surface area (Å²) in [4.78, 5) is 2.58. The zero-order chi connectivity index (χ0) is 11.8. The van der Waals surface area contributed by atoms with Crippen LogP contribution >= 0.6 is 27.3 Å². The predicted octanol–water partition coefficient (Wildman–Crippen LogP) is 2.73. The van der Waals surface area contributed by atoms with E-state index < -0.39 is 0 Å². The fourth-order valence-corrected chi connectivity index (χ4v) is 4.26. The largest absolute Gasteiger partial charge is 0.357 e. The molecule has 1 N–H and O–H groups in total. The molecule has 94 valence electrons. The topological polar surface area (TPSA) is 41.0 Å². The van der Waals surface area contributed by atoms with Crippen molar-refractivity contribution in [3.8, 4) is 0 Å². The van der Waals surface area contributed by atoms with Gasteiger partial charge in [-0.1, -0.05) is 17.8 Å². The van der Waals surface area contributed by atoms with Gasteiger partial charge in [0.25, 0.3) is 0 Å². The third-order valence-electron chi connectivity index (χ3n) is 4.07. The minimum Gasteiger partial charge on any atom is -0.357 e. The highest BCUT2D eigenvalue weighted by molar-refractivity contribution is 9.11. The normalized spacial score (nSPS) is 33.6. The Hall–Kier alpha value is -0.200. The van der Waals surface area contributed by atoms with Crippen LogP contribution in [0.4, 0.5) is 5.13 Å². The summed E-state index contributed by atoms with van der Waals surface area (Å²) in [5.41, 5.74) is 0. The van der Waals surface area contributed by atoms with Crippen LogP contribution in [0.25, 0.3) is 0 Å². The first kappa shape index (κ1) is 11.9. The summed E-state index contributed by atoms with van der Waals surface area (Å²) in [7, 11) is 2.28. The van der Waals surface area contributed by atoms with Crippen LogP contribution in [0, 0.1) is 0 Å². The lowest BCUT2D eigenvalue weighted by Gasteiger charge is -2.47. The van der Waals surface area contributed by atoms with Crippen molar-refractivity contribution in [3.63, 3.8) is 0 Å². The fourth-order valence-electron chi connectivity index (χ4n) is 3.17. The molecule has 4 nitrogen and oxygen atoms in total. The highest BCUT2D eigenvalue weighted by atomic mass is 79.9. The van der Waals surface area contributed by atoms with Crippen molar-refractivity contribution in [1.82, 2.24) is 15.1 Å². The van der Waals surface area contributed by atoms with Crippen LogP contribution in [0.5, 0.6) is 0 Å². The Morgan fingerprint density at radius 1 is 1.29 bits per heavy atom. The molecule has 17 heavy (non-hydrogen) atoms. The Morgan fingerprint density at radius 2 is 2.00 bits per heavy atom. The third-order valence-corrected chi connectivity index (χ3v) is 5.35. The summed E-state index contributed by atoms with van der Waals surface area (Å²) in [6, 6.07) is 2.09. The fraction of sp³-hybridized carbons (Fsp3) is 0.818. The molecule has 0 radical (unpaired) electrons. The van der Waals surface area contributed by atoms with Gasteiger partial charge in [0.05, 0.1) is 0 Å². The van der Waals surface area contributed by atoms with Crippen LogP contribution in [0.1, 0.15) is 32.1 Å². The number of fused-ring (bicyclic) bond motifs is 2. The van der Waals surface area contributed by atoms with Gasteiger partial charge in [-0.15, -0.1) is 10.2 Å². The molecule has 2 unspecified atom stereocenters. The molecule has 2 fully saturated rings. The second-order valence-corrected chi connectivity index (χ2v) is 7.33. The van der Waals surface area contributed by atoms with E-state index in [-0.39, 0.29) is 0 Å². The Balaban J connectivity index is 1.66. The molecule has 6 heteroatoms. The average molecular weight is 317 g/mol. The van der Waals surface area contributed by atoms with Gasteiger partial charge in [-0.2, -0.15) is 0 Å². The van der Waals surface area contributed by atoms with Crippen LogP contribution in [0.2, 0.25) is 0 Å². The van der Waals surface area contributed by atoms with Crippen LogP contribution < -0.4 is 5.32 Å². The molecule has 0 amide bonds. The summed E-state index contributed by atoms with van der Waals surface area (Å²) < 4.78 is 0.855. The first-order chi connectivity index (χ1) is 8.22. The van der Waals surface area contributed by atoms with Crippen LogP contribution in [0.3, 0.4) is 0 Å². The predicted molar refractivity (Wildman–Crippen MR) is 73.4 cm³/mol. The molecule has 2 atom stereocenters. The van der Waals surface area contributed by atoms with E-state index in [1.807, 2.05) is 0 Å². The van der Waals surface area contributed by atoms with Crippen molar-refractivity contribution < 1.29 is 0 Å². The number of rotatable bonds is 2. The number of aromatic nitrogens is 2. The molecule has 0 aliphatic carbocycles. The molecule has 2 aliphatic rings. The molecular weight excluding hydrogens is 300 g/mol. The first-order valence-electron chi connectivity index (χ1n) is 6.20. The van der Waals surface area contributed by atoms with Crippen LogP contribution in [0.15, 0.2) is 3.92 Å². The van der Waals surface area contributed by atoms with Crippen LogP contribution in [-0.4, -0.2) is 40.3 Å². The monoisotopic (exact) mass is 316 g/mol. The van der Waals surface area contributed by atoms with Crippen molar-refractivity contribution in [2.24, 2.45) is 0 Å². The Bertz CT molecular complexity index is 383. The van der Waals surface area contributed by atoms with Gasteiger partial charge in [0.1, 0.15) is 0 Å². The highest BCUT2D eigenvalue weighted by Crippen LogP contribution is 2.34. The third kappa shape index (κ3) is 2.48. The number of nitrogens with one attached hydrogen (secondary N) is 1. The second kappa shape index (κ2) is 4.82. The molecule has 3 rings (SSSR count). The minimum absolute atomic E-state index is 0.571. The SMILES string of the molecule is CN1C2CCCC1CC(Nc1nnc(Br)s1)C2. The summed E-state index contributed by atoms with van der Waals surface area (Å²) in [5, 5.41) is 12.6. The average Bonchev–Trinajstić information content (AvgIpc) is 2.66. The van der Waals surface area contributed by atoms with E-state index in [2.05, 4.69) is 43.4 Å². The van der Waals surface area contributed by atoms with E-state index >= 15 is 0 Å². The molecule has 1 aromatic heterocycles. The molecule has 0 aromatic carbocycles. The van der Waals surface area contributed by atoms with E-state index in [0.717, 1.165) is 21.1 Å². The van der Waals surface area contributed by atoms with Gasteiger partial charge in [-0.3, -0.25) is 0 Å². The smallest absolute Gasteiger partial charge is 0.206 e. The standard InChI is InChI=1S/C11H17BrN4S/c1-16-8-3-2-4-9(16)6-7(5-8)13-11-15-14-10(12)17-11/h7-9H,2-6H2,1H3,(H,13,15). The number of piperidine rings is 2. The molecule has 2 bridgehead atoms. The maximum atomic E-state index is 4.12. The lowest BCUT2D eigenvalue weighted by Crippen LogP contribution is -2.52. The number of anilines is 1. The van der Waals surface area contributed by atoms with E-state index in [0.29, 0.717) is 6.04 Å². The highest BCUT2D eigenvalue weighted by Gasteiger charge is 2.36. The summed E-state index contributed by atoms with van der Waals surface area (Å²) in [5.74, 6) is 0. The molecule has 0 spiro atoms. The lowest BCUT2D eigenvalue weighted by molar-refractivity contribution is 0.0608. The number of hydrogen-bond acceptors (Lipinski definition) is 5.